The van der Waals surface area contributed by atoms with E-state index in [1.165, 1.54) is 12.3 Å². The zero-order valence-electron chi connectivity index (χ0n) is 7.04. The van der Waals surface area contributed by atoms with Crippen LogP contribution in [-0.2, 0) is 9.59 Å². The van der Waals surface area contributed by atoms with E-state index < -0.39 is 11.9 Å². The Hall–Kier alpha value is -2.17. The minimum atomic E-state index is -1.31. The molecule has 72 valence electrons. The molecule has 0 unspecified atom stereocenters. The second-order valence-electron chi connectivity index (χ2n) is 2.42. The van der Waals surface area contributed by atoms with Crippen LogP contribution in [0.3, 0.4) is 0 Å². The van der Waals surface area contributed by atoms with Gasteiger partial charge in [0, 0.05) is 12.3 Å². The van der Waals surface area contributed by atoms with E-state index in [-0.39, 0.29) is 11.3 Å². The van der Waals surface area contributed by atoms with E-state index in [1.807, 2.05) is 0 Å². The molecule has 1 rings (SSSR count). The Morgan fingerprint density at radius 3 is 2.43 bits per heavy atom. The fourth-order valence-electron chi connectivity index (χ4n) is 0.891. The maximum Gasteiger partial charge on any atom is 0.338 e. The number of pyridine rings is 1. The van der Waals surface area contributed by atoms with E-state index in [9.17, 15) is 9.59 Å². The monoisotopic (exact) mass is 193 g/mol. The summed E-state index contributed by atoms with van der Waals surface area (Å²) in [5.41, 5.74) is -0.208. The Morgan fingerprint density at radius 2 is 2.00 bits per heavy atom. The molecule has 0 spiro atoms. The van der Waals surface area contributed by atoms with Gasteiger partial charge in [-0.3, -0.25) is 4.98 Å². The first-order valence-electron chi connectivity index (χ1n) is 3.70. The summed E-state index contributed by atoms with van der Waals surface area (Å²) >= 11 is 0. The highest BCUT2D eigenvalue weighted by Gasteiger charge is 2.12. The summed E-state index contributed by atoms with van der Waals surface area (Å²) in [6, 6.07) is 4.63. The lowest BCUT2D eigenvalue weighted by atomic mass is 10.1. The zero-order chi connectivity index (χ0) is 10.6. The van der Waals surface area contributed by atoms with Crippen LogP contribution >= 0.6 is 0 Å². The number of carbonyl (C=O) groups is 2. The number of rotatable bonds is 3. The minimum absolute atomic E-state index is 0.127. The van der Waals surface area contributed by atoms with Crippen LogP contribution in [0.25, 0.3) is 5.57 Å². The molecule has 0 aliphatic heterocycles. The van der Waals surface area contributed by atoms with Gasteiger partial charge in [0.1, 0.15) is 0 Å². The van der Waals surface area contributed by atoms with Gasteiger partial charge in [0.05, 0.1) is 11.3 Å². The third-order valence-corrected chi connectivity index (χ3v) is 1.44. The minimum Gasteiger partial charge on any atom is -0.478 e. The summed E-state index contributed by atoms with van der Waals surface area (Å²) in [4.78, 5) is 24.7. The SMILES string of the molecule is O=C(O)/C=C(/C(=O)O)c1ccccn1. The first kappa shape index (κ1) is 9.91. The van der Waals surface area contributed by atoms with Crippen LogP contribution in [0.4, 0.5) is 0 Å². The molecule has 0 atom stereocenters. The Morgan fingerprint density at radius 1 is 1.29 bits per heavy atom. The fourth-order valence-corrected chi connectivity index (χ4v) is 0.891. The van der Waals surface area contributed by atoms with Gasteiger partial charge < -0.3 is 10.2 Å². The molecule has 0 saturated heterocycles. The lowest BCUT2D eigenvalue weighted by molar-refractivity contribution is -0.133. The van der Waals surface area contributed by atoms with Gasteiger partial charge >= 0.3 is 11.9 Å². The maximum absolute atomic E-state index is 10.7. The third-order valence-electron chi connectivity index (χ3n) is 1.44. The van der Waals surface area contributed by atoms with E-state index in [0.29, 0.717) is 6.08 Å². The molecule has 0 bridgehead atoms. The number of carboxylic acids is 2. The van der Waals surface area contributed by atoms with Crippen molar-refractivity contribution in [2.75, 3.05) is 0 Å². The molecule has 2 N–H and O–H groups in total. The van der Waals surface area contributed by atoms with Crippen molar-refractivity contribution in [2.45, 2.75) is 0 Å². The van der Waals surface area contributed by atoms with Crippen LogP contribution in [0.2, 0.25) is 0 Å². The number of aliphatic carboxylic acids is 2. The molecule has 0 saturated carbocycles. The molecule has 0 aromatic carbocycles. The van der Waals surface area contributed by atoms with E-state index in [0.717, 1.165) is 0 Å². The second-order valence-corrected chi connectivity index (χ2v) is 2.42. The Bertz CT molecular complexity index is 383. The Kier molecular flexibility index (Phi) is 2.96. The van der Waals surface area contributed by atoms with Gasteiger partial charge in [-0.1, -0.05) is 6.07 Å². The molecule has 5 nitrogen and oxygen atoms in total. The Balaban J connectivity index is 3.14. The van der Waals surface area contributed by atoms with E-state index in [4.69, 9.17) is 10.2 Å². The predicted molar refractivity (Wildman–Crippen MR) is 47.5 cm³/mol. The molecular formula is C9H7NO4. The van der Waals surface area contributed by atoms with Crippen LogP contribution in [0, 0.1) is 0 Å². The number of carboxylic acid groups (broad SMARTS) is 2. The fraction of sp³-hybridized carbons (Fsp3) is 0. The van der Waals surface area contributed by atoms with E-state index >= 15 is 0 Å². The van der Waals surface area contributed by atoms with Crippen molar-refractivity contribution < 1.29 is 19.8 Å². The highest BCUT2D eigenvalue weighted by molar-refractivity contribution is 6.18. The molecule has 0 aliphatic carbocycles. The predicted octanol–water partition coefficient (Wildman–Crippen LogP) is 0.634. The highest BCUT2D eigenvalue weighted by atomic mass is 16.4. The molecule has 1 aromatic rings. The lowest BCUT2D eigenvalue weighted by Gasteiger charge is -1.98. The molecular weight excluding hydrogens is 186 g/mol. The summed E-state index contributed by atoms with van der Waals surface area (Å²) < 4.78 is 0. The average Bonchev–Trinajstić information content (AvgIpc) is 2.15. The van der Waals surface area contributed by atoms with Crippen molar-refractivity contribution in [3.63, 3.8) is 0 Å². The van der Waals surface area contributed by atoms with Crippen molar-refractivity contribution in [1.82, 2.24) is 4.98 Å². The summed E-state index contributed by atoms with van der Waals surface area (Å²) in [5.74, 6) is -2.63. The summed E-state index contributed by atoms with van der Waals surface area (Å²) in [7, 11) is 0. The van der Waals surface area contributed by atoms with Crippen LogP contribution < -0.4 is 0 Å². The molecule has 1 heterocycles. The smallest absolute Gasteiger partial charge is 0.338 e. The summed E-state index contributed by atoms with van der Waals surface area (Å²) in [5, 5.41) is 17.1. The first-order chi connectivity index (χ1) is 6.61. The zero-order valence-corrected chi connectivity index (χ0v) is 7.04. The van der Waals surface area contributed by atoms with Gasteiger partial charge in [-0.05, 0) is 12.1 Å². The number of aromatic nitrogens is 1. The Labute approximate surface area is 79.3 Å². The van der Waals surface area contributed by atoms with Gasteiger partial charge in [0.15, 0.2) is 0 Å². The van der Waals surface area contributed by atoms with Crippen LogP contribution in [-0.4, -0.2) is 27.1 Å². The van der Waals surface area contributed by atoms with Gasteiger partial charge in [0.25, 0.3) is 0 Å². The second kappa shape index (κ2) is 4.18. The number of nitrogens with zero attached hydrogens (tertiary/aromatic N) is 1. The van der Waals surface area contributed by atoms with Gasteiger partial charge in [0.2, 0.25) is 0 Å². The third kappa shape index (κ3) is 2.41. The van der Waals surface area contributed by atoms with Crippen LogP contribution in [0.5, 0.6) is 0 Å². The van der Waals surface area contributed by atoms with Gasteiger partial charge in [-0.15, -0.1) is 0 Å². The average molecular weight is 193 g/mol. The summed E-state index contributed by atoms with van der Waals surface area (Å²) in [6.45, 7) is 0. The molecule has 14 heavy (non-hydrogen) atoms. The van der Waals surface area contributed by atoms with Crippen molar-refractivity contribution in [3.8, 4) is 0 Å². The molecule has 5 heteroatoms. The van der Waals surface area contributed by atoms with Gasteiger partial charge in [-0.2, -0.15) is 0 Å². The maximum atomic E-state index is 10.7. The van der Waals surface area contributed by atoms with E-state index in [2.05, 4.69) is 4.98 Å². The topological polar surface area (TPSA) is 87.5 Å². The van der Waals surface area contributed by atoms with Crippen molar-refractivity contribution in [1.29, 1.82) is 0 Å². The first-order valence-corrected chi connectivity index (χ1v) is 3.70. The summed E-state index contributed by atoms with van der Waals surface area (Å²) in [6.07, 6.45) is 2.01. The van der Waals surface area contributed by atoms with Crippen molar-refractivity contribution >= 4 is 17.5 Å². The van der Waals surface area contributed by atoms with Crippen LogP contribution in [0.1, 0.15) is 5.69 Å². The normalized spacial score (nSPS) is 11.0. The molecule has 0 radical (unpaired) electrons. The van der Waals surface area contributed by atoms with Crippen LogP contribution in [0.15, 0.2) is 30.5 Å². The molecule has 0 amide bonds. The standard InChI is InChI=1S/C9H7NO4/c11-8(12)5-6(9(13)14)7-3-1-2-4-10-7/h1-5H,(H,11,12)(H,13,14)/b6-5+. The highest BCUT2D eigenvalue weighted by Crippen LogP contribution is 2.10. The number of hydrogen-bond donors (Lipinski definition) is 2. The molecule has 0 fully saturated rings. The molecule has 0 aliphatic rings. The van der Waals surface area contributed by atoms with E-state index in [1.54, 1.807) is 12.1 Å². The number of hydrogen-bond acceptors (Lipinski definition) is 3. The quantitative estimate of drug-likeness (QED) is 0.687. The van der Waals surface area contributed by atoms with Gasteiger partial charge in [-0.25, -0.2) is 9.59 Å². The molecule has 1 aromatic heterocycles. The van der Waals surface area contributed by atoms with Crippen molar-refractivity contribution in [2.24, 2.45) is 0 Å². The lowest BCUT2D eigenvalue weighted by Crippen LogP contribution is -2.04. The largest absolute Gasteiger partial charge is 0.478 e. The van der Waals surface area contributed by atoms with Crippen molar-refractivity contribution in [3.05, 3.63) is 36.2 Å².